The van der Waals surface area contributed by atoms with Crippen molar-refractivity contribution < 1.29 is 19.3 Å². The van der Waals surface area contributed by atoms with Crippen molar-refractivity contribution in [2.75, 3.05) is 6.61 Å². The molecule has 5 atom stereocenters. The Morgan fingerprint density at radius 2 is 2.00 bits per heavy atom. The summed E-state index contributed by atoms with van der Waals surface area (Å²) in [5.74, 6) is 1.55. The molecule has 1 rings (SSSR count). The lowest BCUT2D eigenvalue weighted by atomic mass is 9.96. The first-order chi connectivity index (χ1) is 11.9. The van der Waals surface area contributed by atoms with Crippen molar-refractivity contribution in [3.63, 3.8) is 0 Å². The van der Waals surface area contributed by atoms with Gasteiger partial charge in [-0.05, 0) is 45.1 Å². The fourth-order valence-electron chi connectivity index (χ4n) is 2.93. The fraction of sp³-hybridized carbons (Fsp3) is 0.810. The van der Waals surface area contributed by atoms with Gasteiger partial charge in [-0.2, -0.15) is 0 Å². The third-order valence-electron chi connectivity index (χ3n) is 5.04. The maximum absolute atomic E-state index is 9.83. The molecular formula is C21H38O4. The highest BCUT2D eigenvalue weighted by Crippen LogP contribution is 2.27. The molecule has 0 saturated carbocycles. The maximum atomic E-state index is 9.83. The van der Waals surface area contributed by atoms with E-state index in [2.05, 4.69) is 40.3 Å². The van der Waals surface area contributed by atoms with Crippen molar-refractivity contribution in [3.05, 3.63) is 24.5 Å². The molecule has 1 aliphatic heterocycles. The highest BCUT2D eigenvalue weighted by Gasteiger charge is 2.33. The molecule has 146 valence electrons. The van der Waals surface area contributed by atoms with Crippen molar-refractivity contribution in [1.29, 1.82) is 0 Å². The first kappa shape index (κ1) is 22.2. The van der Waals surface area contributed by atoms with Gasteiger partial charge in [0.05, 0.1) is 24.9 Å². The third-order valence-corrected chi connectivity index (χ3v) is 5.04. The SMILES string of the molecule is C=C(/C=C/CC[C@@H](C)O[C@@H]1O[C@@H](C)[C@H](O)C[C@H]1C)OCC(CC)CC. The summed E-state index contributed by atoms with van der Waals surface area (Å²) >= 11 is 0. The van der Waals surface area contributed by atoms with Crippen LogP contribution in [0.1, 0.15) is 66.7 Å². The van der Waals surface area contributed by atoms with Crippen LogP contribution < -0.4 is 0 Å². The van der Waals surface area contributed by atoms with Gasteiger partial charge in [-0.15, -0.1) is 0 Å². The van der Waals surface area contributed by atoms with Crippen molar-refractivity contribution in [3.8, 4) is 0 Å². The summed E-state index contributed by atoms with van der Waals surface area (Å²) in [5.41, 5.74) is 0. The summed E-state index contributed by atoms with van der Waals surface area (Å²) in [7, 11) is 0. The quantitative estimate of drug-likeness (QED) is 0.426. The average Bonchev–Trinajstić information content (AvgIpc) is 2.57. The topological polar surface area (TPSA) is 47.9 Å². The van der Waals surface area contributed by atoms with E-state index in [0.717, 1.165) is 44.5 Å². The third kappa shape index (κ3) is 8.39. The zero-order chi connectivity index (χ0) is 18.8. The highest BCUT2D eigenvalue weighted by molar-refractivity contribution is 5.07. The molecule has 0 radical (unpaired) electrons. The Balaban J connectivity index is 2.23. The molecule has 0 aromatic carbocycles. The summed E-state index contributed by atoms with van der Waals surface area (Å²) in [6.45, 7) is 15.1. The minimum atomic E-state index is -0.390. The standard InChI is InChI=1S/C21H38O4/c1-7-19(8-2)14-23-16(4)11-9-10-12-17(5)24-21-15(3)13-20(22)18(6)25-21/h9,11,15,17-22H,4,7-8,10,12-14H2,1-3,5-6H3/b11-9+/t15-,17-,18+,20-,21-/m1/s1. The second-order valence-electron chi connectivity index (χ2n) is 7.38. The van der Waals surface area contributed by atoms with Gasteiger partial charge in [0.1, 0.15) is 5.76 Å². The Morgan fingerprint density at radius 3 is 2.64 bits per heavy atom. The Bertz CT molecular complexity index is 403. The summed E-state index contributed by atoms with van der Waals surface area (Å²) in [6, 6.07) is 0. The molecule has 0 bridgehead atoms. The predicted molar refractivity (Wildman–Crippen MR) is 102 cm³/mol. The van der Waals surface area contributed by atoms with E-state index in [9.17, 15) is 5.11 Å². The van der Waals surface area contributed by atoms with Gasteiger partial charge in [0.25, 0.3) is 0 Å². The molecule has 0 aromatic heterocycles. The molecule has 0 unspecified atom stereocenters. The molecule has 4 heteroatoms. The predicted octanol–water partition coefficient (Wildman–Crippen LogP) is 4.83. The van der Waals surface area contributed by atoms with Crippen LogP contribution in [0.5, 0.6) is 0 Å². The molecule has 4 nitrogen and oxygen atoms in total. The fourth-order valence-corrected chi connectivity index (χ4v) is 2.93. The Labute approximate surface area is 154 Å². The van der Waals surface area contributed by atoms with Crippen LogP contribution in [0.3, 0.4) is 0 Å². The van der Waals surface area contributed by atoms with Crippen LogP contribution >= 0.6 is 0 Å². The molecule has 0 aromatic rings. The molecule has 25 heavy (non-hydrogen) atoms. The van der Waals surface area contributed by atoms with E-state index < -0.39 is 0 Å². The van der Waals surface area contributed by atoms with Gasteiger partial charge < -0.3 is 19.3 Å². The van der Waals surface area contributed by atoms with Crippen LogP contribution in [-0.2, 0) is 14.2 Å². The van der Waals surface area contributed by atoms with Crippen molar-refractivity contribution in [1.82, 2.24) is 0 Å². The molecule has 0 spiro atoms. The summed E-state index contributed by atoms with van der Waals surface area (Å²) in [4.78, 5) is 0. The van der Waals surface area contributed by atoms with Crippen LogP contribution in [0, 0.1) is 11.8 Å². The summed E-state index contributed by atoms with van der Waals surface area (Å²) in [6.07, 6.45) is 8.20. The molecule has 1 saturated heterocycles. The van der Waals surface area contributed by atoms with Gasteiger partial charge in [0.2, 0.25) is 0 Å². The summed E-state index contributed by atoms with van der Waals surface area (Å²) < 4.78 is 17.5. The van der Waals surface area contributed by atoms with E-state index in [4.69, 9.17) is 14.2 Å². The number of ether oxygens (including phenoxy) is 3. The molecule has 0 aliphatic carbocycles. The lowest BCUT2D eigenvalue weighted by Gasteiger charge is -2.37. The number of aliphatic hydroxyl groups is 1. The monoisotopic (exact) mass is 354 g/mol. The lowest BCUT2D eigenvalue weighted by molar-refractivity contribution is -0.255. The number of hydrogen-bond acceptors (Lipinski definition) is 4. The Morgan fingerprint density at radius 1 is 1.32 bits per heavy atom. The Kier molecular flexibility index (Phi) is 10.4. The van der Waals surface area contributed by atoms with Crippen LogP contribution in [0.4, 0.5) is 0 Å². The molecule has 1 aliphatic rings. The van der Waals surface area contributed by atoms with Gasteiger partial charge in [0, 0.05) is 5.92 Å². The molecule has 1 fully saturated rings. The van der Waals surface area contributed by atoms with Gasteiger partial charge in [-0.3, -0.25) is 0 Å². The van der Waals surface area contributed by atoms with Crippen LogP contribution in [0.15, 0.2) is 24.5 Å². The van der Waals surface area contributed by atoms with Crippen LogP contribution in [0.25, 0.3) is 0 Å². The van der Waals surface area contributed by atoms with Gasteiger partial charge in [0.15, 0.2) is 6.29 Å². The van der Waals surface area contributed by atoms with Crippen LogP contribution in [0.2, 0.25) is 0 Å². The zero-order valence-electron chi connectivity index (χ0n) is 16.7. The van der Waals surface area contributed by atoms with Crippen LogP contribution in [-0.4, -0.2) is 36.3 Å². The first-order valence-electron chi connectivity index (χ1n) is 9.84. The zero-order valence-corrected chi connectivity index (χ0v) is 16.7. The lowest BCUT2D eigenvalue weighted by Crippen LogP contribution is -2.44. The highest BCUT2D eigenvalue weighted by atomic mass is 16.7. The molecular weight excluding hydrogens is 316 g/mol. The first-order valence-corrected chi connectivity index (χ1v) is 9.84. The molecule has 1 N–H and O–H groups in total. The van der Waals surface area contributed by atoms with E-state index in [1.54, 1.807) is 0 Å². The molecule has 1 heterocycles. The van der Waals surface area contributed by atoms with E-state index >= 15 is 0 Å². The van der Waals surface area contributed by atoms with E-state index in [1.807, 2.05) is 13.0 Å². The number of rotatable bonds is 11. The second-order valence-corrected chi connectivity index (χ2v) is 7.38. The maximum Gasteiger partial charge on any atom is 0.161 e. The van der Waals surface area contributed by atoms with Gasteiger partial charge in [-0.25, -0.2) is 0 Å². The average molecular weight is 355 g/mol. The van der Waals surface area contributed by atoms with Crippen molar-refractivity contribution in [2.24, 2.45) is 11.8 Å². The normalized spacial score (nSPS) is 28.4. The van der Waals surface area contributed by atoms with E-state index in [1.165, 1.54) is 0 Å². The smallest absolute Gasteiger partial charge is 0.161 e. The molecule has 0 amide bonds. The number of hydrogen-bond donors (Lipinski definition) is 1. The van der Waals surface area contributed by atoms with Crippen molar-refractivity contribution in [2.45, 2.75) is 91.3 Å². The second kappa shape index (κ2) is 11.7. The van der Waals surface area contributed by atoms with Gasteiger partial charge >= 0.3 is 0 Å². The van der Waals surface area contributed by atoms with Crippen molar-refractivity contribution >= 4 is 0 Å². The Hall–Kier alpha value is -0.840. The minimum absolute atomic E-state index is 0.110. The number of allylic oxidation sites excluding steroid dienone is 2. The largest absolute Gasteiger partial charge is 0.494 e. The van der Waals surface area contributed by atoms with E-state index in [-0.39, 0.29) is 30.5 Å². The number of aliphatic hydroxyl groups excluding tert-OH is 1. The van der Waals surface area contributed by atoms with E-state index in [0.29, 0.717) is 5.92 Å². The minimum Gasteiger partial charge on any atom is -0.494 e. The summed E-state index contributed by atoms with van der Waals surface area (Å²) in [5, 5.41) is 9.83. The van der Waals surface area contributed by atoms with Gasteiger partial charge in [-0.1, -0.05) is 46.3 Å².